The molecule has 1 aromatic carbocycles. The minimum absolute atomic E-state index is 0.0795. The Bertz CT molecular complexity index is 799. The summed E-state index contributed by atoms with van der Waals surface area (Å²) in [5, 5.41) is 8.24. The number of amides is 1. The molecule has 5 nitrogen and oxygen atoms in total. The van der Waals surface area contributed by atoms with Crippen molar-refractivity contribution >= 4 is 16.8 Å². The predicted octanol–water partition coefficient (Wildman–Crippen LogP) is 2.83. The van der Waals surface area contributed by atoms with Gasteiger partial charge in [0, 0.05) is 35.6 Å². The maximum atomic E-state index is 12.7. The van der Waals surface area contributed by atoms with E-state index in [1.54, 1.807) is 0 Å². The lowest BCUT2D eigenvalue weighted by Gasteiger charge is -2.15. The van der Waals surface area contributed by atoms with Crippen LogP contribution in [0.4, 0.5) is 0 Å². The molecule has 0 aliphatic carbocycles. The molecule has 112 valence electrons. The Morgan fingerprint density at radius 1 is 1.36 bits per heavy atom. The lowest BCUT2D eigenvalue weighted by molar-refractivity contribution is 0.0786. The van der Waals surface area contributed by atoms with Crippen LogP contribution in [-0.4, -0.2) is 39.1 Å². The summed E-state index contributed by atoms with van der Waals surface area (Å²) in [7, 11) is 0. The number of rotatable bonds is 2. The summed E-state index contributed by atoms with van der Waals surface area (Å²) in [6.07, 6.45) is 2.83. The maximum Gasteiger partial charge on any atom is 0.270 e. The lowest BCUT2D eigenvalue weighted by Crippen LogP contribution is -2.28. The van der Waals surface area contributed by atoms with E-state index in [0.717, 1.165) is 36.1 Å². The average Bonchev–Trinajstić information content (AvgIpc) is 3.24. The van der Waals surface area contributed by atoms with Gasteiger partial charge in [0.05, 0.1) is 6.20 Å². The van der Waals surface area contributed by atoms with Crippen LogP contribution in [0.5, 0.6) is 0 Å². The fourth-order valence-corrected chi connectivity index (χ4v) is 3.31. The van der Waals surface area contributed by atoms with Gasteiger partial charge in [0.15, 0.2) is 0 Å². The molecular formula is C17H18N4O. The second-order valence-electron chi connectivity index (χ2n) is 5.97. The van der Waals surface area contributed by atoms with E-state index in [4.69, 9.17) is 0 Å². The molecule has 0 spiro atoms. The first-order valence-electron chi connectivity index (χ1n) is 7.59. The second-order valence-corrected chi connectivity index (χ2v) is 5.97. The highest BCUT2D eigenvalue weighted by Gasteiger charge is 2.30. The predicted molar refractivity (Wildman–Crippen MR) is 84.9 cm³/mol. The quantitative estimate of drug-likeness (QED) is 0.763. The monoisotopic (exact) mass is 294 g/mol. The van der Waals surface area contributed by atoms with Crippen LogP contribution in [0.3, 0.4) is 0 Å². The number of carbonyl (C=O) groups excluding carboxylic acids is 1. The first-order valence-corrected chi connectivity index (χ1v) is 7.59. The zero-order valence-electron chi connectivity index (χ0n) is 12.5. The van der Waals surface area contributed by atoms with Crippen molar-refractivity contribution in [2.45, 2.75) is 19.3 Å². The van der Waals surface area contributed by atoms with E-state index in [2.05, 4.69) is 22.1 Å². The number of carbonyl (C=O) groups is 1. The summed E-state index contributed by atoms with van der Waals surface area (Å²) in [6.45, 7) is 3.59. The smallest absolute Gasteiger partial charge is 0.270 e. The van der Waals surface area contributed by atoms with Crippen LogP contribution in [0, 0.1) is 6.92 Å². The summed E-state index contributed by atoms with van der Waals surface area (Å²) in [5.74, 6) is 0.437. The van der Waals surface area contributed by atoms with Crippen molar-refractivity contribution in [3.63, 3.8) is 0 Å². The summed E-state index contributed by atoms with van der Waals surface area (Å²) in [5.41, 5.74) is 4.01. The molecule has 22 heavy (non-hydrogen) atoms. The number of nitrogens with zero attached hydrogens (tertiary/aromatic N) is 2. The van der Waals surface area contributed by atoms with Crippen LogP contribution >= 0.6 is 0 Å². The molecule has 3 aromatic rings. The molecule has 1 aliphatic heterocycles. The molecule has 5 heteroatoms. The molecule has 3 heterocycles. The molecule has 0 radical (unpaired) electrons. The number of hydrogen-bond donors (Lipinski definition) is 2. The van der Waals surface area contributed by atoms with Gasteiger partial charge in [0.2, 0.25) is 0 Å². The summed E-state index contributed by atoms with van der Waals surface area (Å²) < 4.78 is 0. The Balaban J connectivity index is 1.55. The summed E-state index contributed by atoms with van der Waals surface area (Å²) >= 11 is 0. The highest BCUT2D eigenvalue weighted by atomic mass is 16.2. The number of nitrogens with one attached hydrogen (secondary N) is 2. The van der Waals surface area contributed by atoms with Crippen molar-refractivity contribution in [3.05, 3.63) is 53.5 Å². The molecule has 1 fully saturated rings. The molecule has 0 saturated carbocycles. The highest BCUT2D eigenvalue weighted by Crippen LogP contribution is 2.29. The van der Waals surface area contributed by atoms with Crippen LogP contribution < -0.4 is 0 Å². The van der Waals surface area contributed by atoms with Gasteiger partial charge in [-0.15, -0.1) is 0 Å². The van der Waals surface area contributed by atoms with Crippen LogP contribution in [-0.2, 0) is 0 Å². The third-order valence-electron chi connectivity index (χ3n) is 4.51. The minimum Gasteiger partial charge on any atom is -0.351 e. The van der Waals surface area contributed by atoms with Crippen molar-refractivity contribution in [3.8, 4) is 0 Å². The van der Waals surface area contributed by atoms with Gasteiger partial charge in [-0.2, -0.15) is 5.10 Å². The van der Waals surface area contributed by atoms with E-state index in [1.165, 1.54) is 5.56 Å². The van der Waals surface area contributed by atoms with E-state index < -0.39 is 0 Å². The van der Waals surface area contributed by atoms with Crippen LogP contribution in [0.15, 0.2) is 36.5 Å². The second kappa shape index (κ2) is 5.02. The number of aryl methyl sites for hydroxylation is 1. The van der Waals surface area contributed by atoms with Gasteiger partial charge in [-0.3, -0.25) is 9.89 Å². The Morgan fingerprint density at radius 3 is 3.00 bits per heavy atom. The Labute approximate surface area is 128 Å². The Hall–Kier alpha value is -2.56. The van der Waals surface area contributed by atoms with Gasteiger partial charge < -0.3 is 9.88 Å². The van der Waals surface area contributed by atoms with Crippen LogP contribution in [0.25, 0.3) is 10.9 Å². The van der Waals surface area contributed by atoms with E-state index in [0.29, 0.717) is 11.6 Å². The lowest BCUT2D eigenvalue weighted by atomic mass is 10.0. The van der Waals surface area contributed by atoms with Crippen LogP contribution in [0.2, 0.25) is 0 Å². The van der Waals surface area contributed by atoms with Crippen molar-refractivity contribution in [1.82, 2.24) is 20.1 Å². The van der Waals surface area contributed by atoms with E-state index >= 15 is 0 Å². The fourth-order valence-electron chi connectivity index (χ4n) is 3.31. The van der Waals surface area contributed by atoms with E-state index in [9.17, 15) is 4.79 Å². The molecule has 1 atom stereocenters. The van der Waals surface area contributed by atoms with Gasteiger partial charge in [-0.05, 0) is 31.0 Å². The first kappa shape index (κ1) is 13.1. The molecule has 2 aromatic heterocycles. The van der Waals surface area contributed by atoms with Crippen molar-refractivity contribution < 1.29 is 4.79 Å². The average molecular weight is 294 g/mol. The molecule has 2 N–H and O–H groups in total. The standard InChI is InChI=1S/C17H18N4O/c1-11-9-18-20-16(11)13-6-7-21(10-13)17(22)15-8-12-4-2-3-5-14(12)19-15/h2-5,8-9,13,19H,6-7,10H2,1H3,(H,18,20)/t13-/m0/s1. The molecule has 1 aliphatic rings. The number of likely N-dealkylation sites (tertiary alicyclic amines) is 1. The summed E-state index contributed by atoms with van der Waals surface area (Å²) in [4.78, 5) is 17.8. The molecule has 0 unspecified atom stereocenters. The van der Waals surface area contributed by atoms with Crippen molar-refractivity contribution in [1.29, 1.82) is 0 Å². The van der Waals surface area contributed by atoms with Crippen LogP contribution in [0.1, 0.15) is 34.1 Å². The Kier molecular flexibility index (Phi) is 2.99. The number of para-hydroxylation sites is 1. The van der Waals surface area contributed by atoms with Gasteiger partial charge >= 0.3 is 0 Å². The number of H-pyrrole nitrogens is 2. The maximum absolute atomic E-state index is 12.7. The van der Waals surface area contributed by atoms with Crippen molar-refractivity contribution in [2.75, 3.05) is 13.1 Å². The molecule has 1 saturated heterocycles. The van der Waals surface area contributed by atoms with Gasteiger partial charge in [0.25, 0.3) is 5.91 Å². The third-order valence-corrected chi connectivity index (χ3v) is 4.51. The zero-order chi connectivity index (χ0) is 15.1. The number of aromatic amines is 2. The fraction of sp³-hybridized carbons (Fsp3) is 0.294. The molecule has 0 bridgehead atoms. The van der Waals surface area contributed by atoms with Gasteiger partial charge in [0.1, 0.15) is 5.69 Å². The van der Waals surface area contributed by atoms with E-state index in [-0.39, 0.29) is 5.91 Å². The highest BCUT2D eigenvalue weighted by molar-refractivity contribution is 5.98. The van der Waals surface area contributed by atoms with Gasteiger partial charge in [-0.25, -0.2) is 0 Å². The minimum atomic E-state index is 0.0795. The molecule has 1 amide bonds. The molecule has 4 rings (SSSR count). The SMILES string of the molecule is Cc1cn[nH]c1[C@H]1CCN(C(=O)c2cc3ccccc3[nH]2)C1. The number of benzene rings is 1. The number of aromatic nitrogens is 3. The topological polar surface area (TPSA) is 64.8 Å². The zero-order valence-corrected chi connectivity index (χ0v) is 12.5. The number of hydrogen-bond acceptors (Lipinski definition) is 2. The Morgan fingerprint density at radius 2 is 2.23 bits per heavy atom. The van der Waals surface area contributed by atoms with Gasteiger partial charge in [-0.1, -0.05) is 18.2 Å². The molecular weight excluding hydrogens is 276 g/mol. The largest absolute Gasteiger partial charge is 0.351 e. The normalized spacial score (nSPS) is 18.2. The van der Waals surface area contributed by atoms with E-state index in [1.807, 2.05) is 41.4 Å². The first-order chi connectivity index (χ1) is 10.7. The third kappa shape index (κ3) is 2.09. The van der Waals surface area contributed by atoms with Crippen molar-refractivity contribution in [2.24, 2.45) is 0 Å². The number of fused-ring (bicyclic) bond motifs is 1. The summed E-state index contributed by atoms with van der Waals surface area (Å²) in [6, 6.07) is 9.90.